The first-order chi connectivity index (χ1) is 8.65. The smallest absolute Gasteiger partial charge is 0.234 e. The van der Waals surface area contributed by atoms with Gasteiger partial charge in [-0.05, 0) is 26.0 Å². The lowest BCUT2D eigenvalue weighted by molar-refractivity contribution is -0.120. The van der Waals surface area contributed by atoms with Crippen LogP contribution in [0.4, 0.5) is 0 Å². The topological polar surface area (TPSA) is 58.4 Å². The number of nitrogens with zero attached hydrogens (tertiary/aromatic N) is 2. The van der Waals surface area contributed by atoms with Crippen molar-refractivity contribution in [3.63, 3.8) is 0 Å². The number of rotatable bonds is 5. The van der Waals surface area contributed by atoms with E-state index in [0.717, 1.165) is 11.3 Å². The summed E-state index contributed by atoms with van der Waals surface area (Å²) in [5.41, 5.74) is 1.85. The molecule has 2 aromatic rings. The SMILES string of the molecule is CC(C)NC(=O)CNCc1cn2ccccc2n1. The molecule has 2 N–H and O–H groups in total. The van der Waals surface area contributed by atoms with Gasteiger partial charge >= 0.3 is 0 Å². The van der Waals surface area contributed by atoms with E-state index in [1.54, 1.807) is 0 Å². The molecule has 1 amide bonds. The van der Waals surface area contributed by atoms with Gasteiger partial charge in [0.15, 0.2) is 0 Å². The summed E-state index contributed by atoms with van der Waals surface area (Å²) in [5, 5.41) is 5.91. The number of carbonyl (C=O) groups is 1. The molecule has 5 heteroatoms. The van der Waals surface area contributed by atoms with Crippen molar-refractivity contribution in [3.05, 3.63) is 36.3 Å². The average molecular weight is 246 g/mol. The first-order valence-corrected chi connectivity index (χ1v) is 6.08. The van der Waals surface area contributed by atoms with Gasteiger partial charge in [0.05, 0.1) is 12.2 Å². The maximum absolute atomic E-state index is 11.4. The Morgan fingerprint density at radius 3 is 3.00 bits per heavy atom. The van der Waals surface area contributed by atoms with Crippen molar-refractivity contribution in [1.29, 1.82) is 0 Å². The maximum Gasteiger partial charge on any atom is 0.234 e. The van der Waals surface area contributed by atoms with Crippen LogP contribution in [0, 0.1) is 0 Å². The molecule has 2 rings (SSSR count). The number of hydrogen-bond donors (Lipinski definition) is 2. The van der Waals surface area contributed by atoms with Crippen LogP contribution in [0.25, 0.3) is 5.65 Å². The van der Waals surface area contributed by atoms with Gasteiger partial charge < -0.3 is 15.0 Å². The van der Waals surface area contributed by atoms with E-state index in [0.29, 0.717) is 13.1 Å². The van der Waals surface area contributed by atoms with Gasteiger partial charge in [-0.25, -0.2) is 4.98 Å². The van der Waals surface area contributed by atoms with Crippen LogP contribution in [0.15, 0.2) is 30.6 Å². The first-order valence-electron chi connectivity index (χ1n) is 6.08. The summed E-state index contributed by atoms with van der Waals surface area (Å²) in [5.74, 6) is 0.00811. The molecule has 2 heterocycles. The summed E-state index contributed by atoms with van der Waals surface area (Å²) in [4.78, 5) is 15.9. The molecule has 0 fully saturated rings. The van der Waals surface area contributed by atoms with Crippen LogP contribution in [0.3, 0.4) is 0 Å². The Morgan fingerprint density at radius 1 is 1.44 bits per heavy atom. The molecule has 0 spiro atoms. The van der Waals surface area contributed by atoms with Gasteiger partial charge in [-0.15, -0.1) is 0 Å². The average Bonchev–Trinajstić information content (AvgIpc) is 2.70. The van der Waals surface area contributed by atoms with E-state index in [1.807, 2.05) is 48.8 Å². The summed E-state index contributed by atoms with van der Waals surface area (Å²) in [6.45, 7) is 4.79. The molecule has 0 aromatic carbocycles. The molecule has 18 heavy (non-hydrogen) atoms. The largest absolute Gasteiger partial charge is 0.353 e. The lowest BCUT2D eigenvalue weighted by Gasteiger charge is -2.08. The molecule has 0 saturated carbocycles. The molecule has 0 aliphatic carbocycles. The van der Waals surface area contributed by atoms with Crippen molar-refractivity contribution in [2.24, 2.45) is 0 Å². The highest BCUT2D eigenvalue weighted by Crippen LogP contribution is 2.03. The highest BCUT2D eigenvalue weighted by Gasteiger charge is 2.04. The van der Waals surface area contributed by atoms with Crippen LogP contribution in [0.2, 0.25) is 0 Å². The fourth-order valence-electron chi connectivity index (χ4n) is 1.75. The van der Waals surface area contributed by atoms with Crippen molar-refractivity contribution in [1.82, 2.24) is 20.0 Å². The molecule has 0 bridgehead atoms. The highest BCUT2D eigenvalue weighted by atomic mass is 16.1. The van der Waals surface area contributed by atoms with E-state index >= 15 is 0 Å². The van der Waals surface area contributed by atoms with Crippen LogP contribution in [0.1, 0.15) is 19.5 Å². The van der Waals surface area contributed by atoms with E-state index in [4.69, 9.17) is 0 Å². The zero-order valence-electron chi connectivity index (χ0n) is 10.7. The van der Waals surface area contributed by atoms with Crippen molar-refractivity contribution >= 4 is 11.6 Å². The molecule has 0 unspecified atom stereocenters. The fourth-order valence-corrected chi connectivity index (χ4v) is 1.75. The molecule has 0 saturated heterocycles. The Morgan fingerprint density at radius 2 is 2.28 bits per heavy atom. The summed E-state index contributed by atoms with van der Waals surface area (Å²) in [7, 11) is 0. The van der Waals surface area contributed by atoms with Crippen molar-refractivity contribution in [2.75, 3.05) is 6.54 Å². The quantitative estimate of drug-likeness (QED) is 0.825. The molecule has 96 valence electrons. The van der Waals surface area contributed by atoms with Crippen molar-refractivity contribution < 1.29 is 4.79 Å². The Balaban J connectivity index is 1.85. The first kappa shape index (κ1) is 12.6. The zero-order valence-corrected chi connectivity index (χ0v) is 10.7. The Labute approximate surface area is 106 Å². The second-order valence-electron chi connectivity index (χ2n) is 4.52. The molecule has 0 radical (unpaired) electrons. The number of pyridine rings is 1. The molecule has 0 aliphatic rings. The minimum absolute atomic E-state index is 0.00811. The van der Waals surface area contributed by atoms with Crippen molar-refractivity contribution in [3.8, 4) is 0 Å². The van der Waals surface area contributed by atoms with Crippen LogP contribution in [-0.2, 0) is 11.3 Å². The Hall–Kier alpha value is -1.88. The van der Waals surface area contributed by atoms with Gasteiger partial charge in [0.1, 0.15) is 5.65 Å². The standard InChI is InChI=1S/C13H18N4O/c1-10(2)15-13(18)8-14-7-11-9-17-6-4-3-5-12(17)16-11/h3-6,9-10,14H,7-8H2,1-2H3,(H,15,18). The monoisotopic (exact) mass is 246 g/mol. The maximum atomic E-state index is 11.4. The lowest BCUT2D eigenvalue weighted by atomic mass is 10.4. The number of nitrogens with one attached hydrogen (secondary N) is 2. The number of amides is 1. The number of aromatic nitrogens is 2. The second-order valence-corrected chi connectivity index (χ2v) is 4.52. The number of imidazole rings is 1. The minimum atomic E-state index is 0.00811. The van der Waals surface area contributed by atoms with E-state index in [1.165, 1.54) is 0 Å². The van der Waals surface area contributed by atoms with E-state index in [2.05, 4.69) is 15.6 Å². The molecule has 5 nitrogen and oxygen atoms in total. The van der Waals surface area contributed by atoms with Gasteiger partial charge in [-0.1, -0.05) is 6.07 Å². The van der Waals surface area contributed by atoms with Gasteiger partial charge in [-0.2, -0.15) is 0 Å². The highest BCUT2D eigenvalue weighted by molar-refractivity contribution is 5.78. The van der Waals surface area contributed by atoms with Crippen LogP contribution in [-0.4, -0.2) is 27.9 Å². The third-order valence-corrected chi connectivity index (χ3v) is 2.46. The van der Waals surface area contributed by atoms with Crippen molar-refractivity contribution in [2.45, 2.75) is 26.4 Å². The number of carbonyl (C=O) groups excluding carboxylic acids is 1. The number of fused-ring (bicyclic) bond motifs is 1. The predicted molar refractivity (Wildman–Crippen MR) is 70.2 cm³/mol. The lowest BCUT2D eigenvalue weighted by Crippen LogP contribution is -2.37. The molecule has 2 aromatic heterocycles. The summed E-state index contributed by atoms with van der Waals surface area (Å²) in [6.07, 6.45) is 3.92. The van der Waals surface area contributed by atoms with E-state index in [9.17, 15) is 4.79 Å². The molecule has 0 atom stereocenters. The normalized spacial score (nSPS) is 11.1. The summed E-state index contributed by atoms with van der Waals surface area (Å²) >= 11 is 0. The van der Waals surface area contributed by atoms with Gasteiger partial charge in [0, 0.05) is 25.0 Å². The predicted octanol–water partition coefficient (Wildman–Crippen LogP) is 0.948. The molecular formula is C13H18N4O. The van der Waals surface area contributed by atoms with Crippen LogP contribution < -0.4 is 10.6 Å². The fraction of sp³-hybridized carbons (Fsp3) is 0.385. The van der Waals surface area contributed by atoms with Gasteiger partial charge in [-0.3, -0.25) is 4.79 Å². The second kappa shape index (κ2) is 5.64. The summed E-state index contributed by atoms with van der Waals surface area (Å²) < 4.78 is 1.96. The van der Waals surface area contributed by atoms with E-state index < -0.39 is 0 Å². The number of hydrogen-bond acceptors (Lipinski definition) is 3. The van der Waals surface area contributed by atoms with Gasteiger partial charge in [0.25, 0.3) is 0 Å². The summed E-state index contributed by atoms with van der Waals surface area (Å²) in [6, 6.07) is 6.04. The van der Waals surface area contributed by atoms with Crippen LogP contribution >= 0.6 is 0 Å². The van der Waals surface area contributed by atoms with Gasteiger partial charge in [0.2, 0.25) is 5.91 Å². The zero-order chi connectivity index (χ0) is 13.0. The third-order valence-electron chi connectivity index (χ3n) is 2.46. The molecule has 0 aliphatic heterocycles. The Bertz CT molecular complexity index is 500. The Kier molecular flexibility index (Phi) is 3.94. The van der Waals surface area contributed by atoms with E-state index in [-0.39, 0.29) is 11.9 Å². The third kappa shape index (κ3) is 3.30. The molecular weight excluding hydrogens is 228 g/mol. The minimum Gasteiger partial charge on any atom is -0.353 e. The van der Waals surface area contributed by atoms with Crippen LogP contribution in [0.5, 0.6) is 0 Å².